The SMILES string of the molecule is C=C1N=C(N)C=CN1[C@H]1CC(O)[C@H](COP(=O)(NCc2ccccc2)OCCSC(=O)C(C)(C)CO)O1. The van der Waals surface area contributed by atoms with E-state index >= 15 is 0 Å². The fourth-order valence-corrected chi connectivity index (χ4v) is 5.66. The van der Waals surface area contributed by atoms with Crippen LogP contribution in [0.2, 0.25) is 0 Å². The summed E-state index contributed by atoms with van der Waals surface area (Å²) in [5.74, 6) is 0.927. The lowest BCUT2D eigenvalue weighted by molar-refractivity contribution is -0.119. The molecule has 0 spiro atoms. The molecule has 0 amide bonds. The van der Waals surface area contributed by atoms with Crippen LogP contribution in [0, 0.1) is 5.41 Å². The van der Waals surface area contributed by atoms with E-state index in [9.17, 15) is 19.6 Å². The Morgan fingerprint density at radius 3 is 2.78 bits per heavy atom. The Bertz CT molecular complexity index is 1050. The fraction of sp³-hybridized carbons (Fsp3) is 0.500. The van der Waals surface area contributed by atoms with Crippen LogP contribution in [0.4, 0.5) is 0 Å². The van der Waals surface area contributed by atoms with Gasteiger partial charge in [0.15, 0.2) is 5.12 Å². The monoisotopic (exact) mass is 554 g/mol. The number of benzene rings is 1. The van der Waals surface area contributed by atoms with Crippen molar-refractivity contribution in [2.75, 3.05) is 25.6 Å². The second-order valence-electron chi connectivity index (χ2n) is 9.23. The Balaban J connectivity index is 1.58. The highest BCUT2D eigenvalue weighted by molar-refractivity contribution is 8.13. The van der Waals surface area contributed by atoms with Gasteiger partial charge in [-0.1, -0.05) is 48.7 Å². The summed E-state index contributed by atoms with van der Waals surface area (Å²) in [6.45, 7) is 6.86. The molecule has 1 aromatic carbocycles. The first kappa shape index (κ1) is 29.5. The molecule has 1 saturated heterocycles. The maximum Gasteiger partial charge on any atom is 0.405 e. The molecule has 0 aliphatic carbocycles. The third-order valence-electron chi connectivity index (χ3n) is 5.73. The van der Waals surface area contributed by atoms with Gasteiger partial charge < -0.3 is 25.6 Å². The van der Waals surface area contributed by atoms with Crippen molar-refractivity contribution in [3.63, 3.8) is 0 Å². The van der Waals surface area contributed by atoms with E-state index in [1.807, 2.05) is 30.3 Å². The van der Waals surface area contributed by atoms with Gasteiger partial charge in [0.1, 0.15) is 24.0 Å². The number of thioether (sulfide) groups is 1. The number of aliphatic imine (C=N–C) groups is 1. The number of carbonyl (C=O) groups is 1. The Labute approximate surface area is 221 Å². The first-order chi connectivity index (χ1) is 17.5. The maximum atomic E-state index is 13.5. The largest absolute Gasteiger partial charge is 0.405 e. The van der Waals surface area contributed by atoms with Gasteiger partial charge >= 0.3 is 7.75 Å². The molecular formula is C24H35N4O7PS. The zero-order valence-electron chi connectivity index (χ0n) is 21.0. The summed E-state index contributed by atoms with van der Waals surface area (Å²) >= 11 is 0.991. The average Bonchev–Trinajstić information content (AvgIpc) is 3.24. The summed E-state index contributed by atoms with van der Waals surface area (Å²) in [4.78, 5) is 18.0. The number of carbonyl (C=O) groups excluding carboxylic acids is 1. The molecule has 2 heterocycles. The number of nitrogens with zero attached hydrogens (tertiary/aromatic N) is 2. The molecule has 0 saturated carbocycles. The number of aliphatic hydroxyl groups excluding tert-OH is 2. The predicted molar refractivity (Wildman–Crippen MR) is 142 cm³/mol. The maximum absolute atomic E-state index is 13.5. The standard InChI is InChI=1S/C24H35N4O7PS/c1-17-27-21(25)9-10-28(17)22-13-19(30)20(35-22)15-34-36(32,26-14-18-7-5-4-6-8-18)33-11-12-37-23(31)24(2,3)16-29/h4-10,19-20,22,29-30H,1,11-16H2,2-3H3,(H2,25,27)(H,26,32)/t19?,20-,22+,36?/m0/s1. The highest BCUT2D eigenvalue weighted by Gasteiger charge is 2.39. The Hall–Kier alpha value is -2.02. The molecule has 1 fully saturated rings. The molecular weight excluding hydrogens is 519 g/mol. The Kier molecular flexibility index (Phi) is 10.5. The summed E-state index contributed by atoms with van der Waals surface area (Å²) in [7, 11) is -3.84. The molecule has 2 unspecified atom stereocenters. The second kappa shape index (κ2) is 13.2. The van der Waals surface area contributed by atoms with Crippen LogP contribution in [0.5, 0.6) is 0 Å². The summed E-state index contributed by atoms with van der Waals surface area (Å²) in [6, 6.07) is 9.33. The summed E-state index contributed by atoms with van der Waals surface area (Å²) < 4.78 is 30.7. The number of rotatable bonds is 13. The van der Waals surface area contributed by atoms with E-state index in [0.29, 0.717) is 11.7 Å². The molecule has 3 rings (SSSR count). The lowest BCUT2D eigenvalue weighted by Gasteiger charge is -2.28. The van der Waals surface area contributed by atoms with Gasteiger partial charge in [-0.15, -0.1) is 0 Å². The minimum absolute atomic E-state index is 0.0362. The van der Waals surface area contributed by atoms with E-state index in [1.54, 1.807) is 31.0 Å². The molecule has 4 atom stereocenters. The van der Waals surface area contributed by atoms with Crippen molar-refractivity contribution in [3.05, 3.63) is 60.6 Å². The normalized spacial score (nSPS) is 23.7. The second-order valence-corrected chi connectivity index (χ2v) is 12.1. The third-order valence-corrected chi connectivity index (χ3v) is 8.47. The van der Waals surface area contributed by atoms with Crippen molar-refractivity contribution in [3.8, 4) is 0 Å². The lowest BCUT2D eigenvalue weighted by Crippen LogP contribution is -2.33. The van der Waals surface area contributed by atoms with Gasteiger partial charge in [0.2, 0.25) is 0 Å². The predicted octanol–water partition coefficient (Wildman–Crippen LogP) is 2.33. The minimum Gasteiger partial charge on any atom is -0.395 e. The van der Waals surface area contributed by atoms with Crippen LogP contribution >= 0.6 is 19.5 Å². The van der Waals surface area contributed by atoms with Crippen molar-refractivity contribution >= 4 is 30.5 Å². The molecule has 204 valence electrons. The van der Waals surface area contributed by atoms with Crippen LogP contribution in [-0.2, 0) is 29.7 Å². The molecule has 2 aliphatic rings. The Morgan fingerprint density at radius 2 is 2.11 bits per heavy atom. The van der Waals surface area contributed by atoms with Gasteiger partial charge in [-0.2, -0.15) is 0 Å². The van der Waals surface area contributed by atoms with Crippen LogP contribution in [0.3, 0.4) is 0 Å². The molecule has 0 radical (unpaired) electrons. The van der Waals surface area contributed by atoms with Crippen molar-refractivity contribution in [2.45, 2.75) is 45.2 Å². The number of amidine groups is 1. The summed E-state index contributed by atoms with van der Waals surface area (Å²) in [6.07, 6.45) is 1.34. The number of nitrogens with one attached hydrogen (secondary N) is 1. The van der Waals surface area contributed by atoms with Crippen LogP contribution in [0.1, 0.15) is 25.8 Å². The molecule has 0 aromatic heterocycles. The third kappa shape index (κ3) is 8.49. The Morgan fingerprint density at radius 1 is 1.38 bits per heavy atom. The van der Waals surface area contributed by atoms with E-state index in [0.717, 1.165) is 17.3 Å². The molecule has 2 aliphatic heterocycles. The van der Waals surface area contributed by atoms with E-state index in [-0.39, 0.29) is 43.7 Å². The van der Waals surface area contributed by atoms with Gasteiger partial charge in [0.05, 0.1) is 31.3 Å². The molecule has 13 heteroatoms. The van der Waals surface area contributed by atoms with Gasteiger partial charge in [0.25, 0.3) is 0 Å². The van der Waals surface area contributed by atoms with Crippen LogP contribution in [0.25, 0.3) is 0 Å². The lowest BCUT2D eigenvalue weighted by atomic mass is 9.97. The first-order valence-corrected chi connectivity index (χ1v) is 14.4. The van der Waals surface area contributed by atoms with Gasteiger partial charge in [0, 0.05) is 24.9 Å². The van der Waals surface area contributed by atoms with Crippen molar-refractivity contribution < 1.29 is 33.4 Å². The summed E-state index contributed by atoms with van der Waals surface area (Å²) in [5.41, 5.74) is 5.68. The fourth-order valence-electron chi connectivity index (χ4n) is 3.42. The van der Waals surface area contributed by atoms with E-state index < -0.39 is 31.6 Å². The molecule has 11 nitrogen and oxygen atoms in total. The molecule has 5 N–H and O–H groups in total. The van der Waals surface area contributed by atoms with Crippen LogP contribution < -0.4 is 10.8 Å². The minimum atomic E-state index is -3.84. The average molecular weight is 555 g/mol. The number of nitrogens with two attached hydrogens (primary N) is 1. The van der Waals surface area contributed by atoms with E-state index in [1.165, 1.54) is 0 Å². The number of ether oxygens (including phenoxy) is 1. The zero-order chi connectivity index (χ0) is 27.1. The summed E-state index contributed by atoms with van der Waals surface area (Å²) in [5, 5.41) is 22.6. The quantitative estimate of drug-likeness (QED) is 0.210. The van der Waals surface area contributed by atoms with Gasteiger partial charge in [-0.25, -0.2) is 14.6 Å². The number of aliphatic hydroxyl groups is 2. The first-order valence-electron chi connectivity index (χ1n) is 11.8. The van der Waals surface area contributed by atoms with Crippen LogP contribution in [0.15, 0.2) is 60.0 Å². The van der Waals surface area contributed by atoms with E-state index in [4.69, 9.17) is 19.5 Å². The van der Waals surface area contributed by atoms with Gasteiger partial charge in [-0.3, -0.25) is 13.8 Å². The van der Waals surface area contributed by atoms with Crippen molar-refractivity contribution in [1.29, 1.82) is 0 Å². The van der Waals surface area contributed by atoms with Crippen LogP contribution in [-0.4, -0.2) is 70.1 Å². The topological polar surface area (TPSA) is 156 Å². The molecule has 37 heavy (non-hydrogen) atoms. The van der Waals surface area contributed by atoms with Crippen molar-refractivity contribution in [2.24, 2.45) is 16.1 Å². The van der Waals surface area contributed by atoms with E-state index in [2.05, 4.69) is 16.7 Å². The highest BCUT2D eigenvalue weighted by Crippen LogP contribution is 2.45. The molecule has 1 aromatic rings. The van der Waals surface area contributed by atoms with Gasteiger partial charge in [-0.05, 0) is 25.5 Å². The number of hydrogen-bond donors (Lipinski definition) is 4. The smallest absolute Gasteiger partial charge is 0.395 e. The molecule has 0 bridgehead atoms. The zero-order valence-corrected chi connectivity index (χ0v) is 22.7. The highest BCUT2D eigenvalue weighted by atomic mass is 32.2. The van der Waals surface area contributed by atoms with Crippen molar-refractivity contribution in [1.82, 2.24) is 9.99 Å². The number of hydrogen-bond acceptors (Lipinski definition) is 11.